The minimum Gasteiger partial charge on any atom is -0.361 e. The van der Waals surface area contributed by atoms with E-state index in [0.29, 0.717) is 31.5 Å². The number of hydrazine groups is 1. The number of urea groups is 1. The number of aromatic nitrogens is 3. The number of rotatable bonds is 21. The quantitative estimate of drug-likeness (QED) is 0.0443. The van der Waals surface area contributed by atoms with Gasteiger partial charge in [-0.25, -0.2) is 15.2 Å². The lowest BCUT2D eigenvalue weighted by atomic mass is 9.96. The summed E-state index contributed by atoms with van der Waals surface area (Å²) < 4.78 is 0. The maximum atomic E-state index is 14.2. The zero-order valence-corrected chi connectivity index (χ0v) is 32.6. The smallest absolute Gasteiger partial charge is 0.329 e. The summed E-state index contributed by atoms with van der Waals surface area (Å²) in [4.78, 5) is 76.6. The van der Waals surface area contributed by atoms with Crippen LogP contribution in [0.5, 0.6) is 0 Å². The first-order chi connectivity index (χ1) is 27.7. The topological polar surface area (TPSA) is 240 Å². The zero-order chi connectivity index (χ0) is 40.4. The minimum atomic E-state index is -1.08. The van der Waals surface area contributed by atoms with E-state index in [4.69, 9.17) is 5.73 Å². The second-order valence-electron chi connectivity index (χ2n) is 14.7. The van der Waals surface area contributed by atoms with E-state index in [-0.39, 0.29) is 37.9 Å². The van der Waals surface area contributed by atoms with E-state index in [2.05, 4.69) is 52.4 Å². The molecule has 16 nitrogen and oxygen atoms in total. The predicted octanol–water partition coefficient (Wildman–Crippen LogP) is 2.14. The third-order valence-electron chi connectivity index (χ3n) is 10.2. The molecular formula is C41H57N11O5. The molecule has 1 fully saturated rings. The number of benzene rings is 2. The third-order valence-corrected chi connectivity index (χ3v) is 10.2. The molecule has 0 unspecified atom stereocenters. The number of carbonyl (C=O) groups excluding carboxylic acids is 5. The largest absolute Gasteiger partial charge is 0.361 e. The molecule has 0 aliphatic heterocycles. The normalized spacial score (nSPS) is 15.1. The Labute approximate surface area is 333 Å². The highest BCUT2D eigenvalue weighted by Gasteiger charge is 2.31. The number of para-hydroxylation sites is 1. The molecule has 4 aromatic rings. The Morgan fingerprint density at radius 3 is 2.21 bits per heavy atom. The van der Waals surface area contributed by atoms with Crippen molar-refractivity contribution in [2.24, 2.45) is 5.73 Å². The van der Waals surface area contributed by atoms with Crippen molar-refractivity contribution >= 4 is 40.6 Å². The number of nitrogens with zero attached hydrogens (tertiary/aromatic N) is 1. The molecule has 2 aromatic heterocycles. The molecular weight excluding hydrogens is 727 g/mol. The van der Waals surface area contributed by atoms with Crippen LogP contribution in [0, 0.1) is 0 Å². The molecule has 0 saturated heterocycles. The summed E-state index contributed by atoms with van der Waals surface area (Å²) in [6, 6.07) is 13.5. The summed E-state index contributed by atoms with van der Waals surface area (Å²) in [5.41, 5.74) is 15.2. The Hall–Kier alpha value is -5.74. The van der Waals surface area contributed by atoms with Crippen LogP contribution < -0.4 is 43.2 Å². The van der Waals surface area contributed by atoms with E-state index in [9.17, 15) is 24.0 Å². The van der Waals surface area contributed by atoms with Gasteiger partial charge in [0.2, 0.25) is 23.6 Å². The van der Waals surface area contributed by atoms with Crippen LogP contribution in [0.25, 0.3) is 10.9 Å². The van der Waals surface area contributed by atoms with Crippen LogP contribution in [0.2, 0.25) is 0 Å². The van der Waals surface area contributed by atoms with Gasteiger partial charge in [0.25, 0.3) is 0 Å². The molecule has 57 heavy (non-hydrogen) atoms. The van der Waals surface area contributed by atoms with Crippen molar-refractivity contribution < 1.29 is 24.0 Å². The molecule has 5 rings (SSSR count). The van der Waals surface area contributed by atoms with Crippen molar-refractivity contribution in [3.63, 3.8) is 0 Å². The molecule has 2 aromatic carbocycles. The van der Waals surface area contributed by atoms with Crippen molar-refractivity contribution in [2.45, 2.75) is 108 Å². The molecule has 16 heteroatoms. The first kappa shape index (κ1) is 42.4. The van der Waals surface area contributed by atoms with Crippen LogP contribution in [-0.2, 0) is 38.4 Å². The number of hydrogen-bond donors (Lipinski definition) is 10. The fourth-order valence-corrected chi connectivity index (χ4v) is 7.18. The van der Waals surface area contributed by atoms with Crippen LogP contribution in [0.4, 0.5) is 4.79 Å². The van der Waals surface area contributed by atoms with Crippen LogP contribution >= 0.6 is 0 Å². The molecule has 1 aliphatic rings. The molecule has 4 atom stereocenters. The first-order valence-corrected chi connectivity index (χ1v) is 19.9. The maximum absolute atomic E-state index is 14.2. The summed E-state index contributed by atoms with van der Waals surface area (Å²) in [6.07, 6.45) is 12.4. The van der Waals surface area contributed by atoms with Gasteiger partial charge in [-0.05, 0) is 55.7 Å². The molecule has 2 heterocycles. The van der Waals surface area contributed by atoms with E-state index in [1.54, 1.807) is 6.20 Å². The number of imidazole rings is 1. The van der Waals surface area contributed by atoms with Gasteiger partial charge in [-0.3, -0.25) is 24.6 Å². The van der Waals surface area contributed by atoms with Gasteiger partial charge in [-0.2, -0.15) is 0 Å². The highest BCUT2D eigenvalue weighted by molar-refractivity contribution is 5.94. The van der Waals surface area contributed by atoms with Crippen LogP contribution in [-0.4, -0.2) is 87.9 Å². The number of nitrogens with two attached hydrogens (primary N) is 1. The molecule has 1 saturated carbocycles. The zero-order valence-electron chi connectivity index (χ0n) is 32.6. The second-order valence-corrected chi connectivity index (χ2v) is 14.7. The van der Waals surface area contributed by atoms with Gasteiger partial charge in [0.15, 0.2) is 0 Å². The lowest BCUT2D eigenvalue weighted by molar-refractivity contribution is -0.133. The highest BCUT2D eigenvalue weighted by atomic mass is 16.2. The fraction of sp³-hybridized carbons (Fsp3) is 0.463. The fourth-order valence-electron chi connectivity index (χ4n) is 7.18. The maximum Gasteiger partial charge on any atom is 0.329 e. The Morgan fingerprint density at radius 2 is 1.49 bits per heavy atom. The molecule has 11 N–H and O–H groups in total. The van der Waals surface area contributed by atoms with Gasteiger partial charge >= 0.3 is 6.03 Å². The van der Waals surface area contributed by atoms with Crippen molar-refractivity contribution in [3.8, 4) is 0 Å². The number of aromatic amines is 2. The summed E-state index contributed by atoms with van der Waals surface area (Å²) in [5, 5.41) is 15.5. The minimum absolute atomic E-state index is 0.123. The Bertz CT molecular complexity index is 1880. The van der Waals surface area contributed by atoms with E-state index < -0.39 is 47.8 Å². The summed E-state index contributed by atoms with van der Waals surface area (Å²) in [7, 11) is 0. The average Bonchev–Trinajstić information content (AvgIpc) is 3.88. The molecule has 0 bridgehead atoms. The lowest BCUT2D eigenvalue weighted by Gasteiger charge is -2.26. The monoisotopic (exact) mass is 783 g/mol. The van der Waals surface area contributed by atoms with Gasteiger partial charge in [-0.1, -0.05) is 67.8 Å². The number of nitrogens with one attached hydrogen (secondary N) is 9. The van der Waals surface area contributed by atoms with Crippen molar-refractivity contribution in [1.82, 2.24) is 52.4 Å². The van der Waals surface area contributed by atoms with Gasteiger partial charge < -0.3 is 42.3 Å². The van der Waals surface area contributed by atoms with E-state index in [1.165, 1.54) is 19.7 Å². The highest BCUT2D eigenvalue weighted by Crippen LogP contribution is 2.19. The summed E-state index contributed by atoms with van der Waals surface area (Å²) >= 11 is 0. The van der Waals surface area contributed by atoms with Crippen LogP contribution in [0.15, 0.2) is 73.3 Å². The molecule has 6 amide bonds. The summed E-state index contributed by atoms with van der Waals surface area (Å²) in [5.74, 6) is -1.94. The number of amides is 6. The van der Waals surface area contributed by atoms with Gasteiger partial charge in [0.05, 0.1) is 6.33 Å². The van der Waals surface area contributed by atoms with Crippen molar-refractivity contribution in [3.05, 3.63) is 90.1 Å². The third kappa shape index (κ3) is 13.8. The SMILES string of the molecule is CC(=O)N[C@@H](Cc1cnc[nH]1)C(=O)N[C@H](Cc1ccccc1)C(=O)N[C@@H](CCCCNNC(=O)NC1CCCCC1)C(=O)N[C@H](CN)Cc1c[nH]c2ccccc12. The summed E-state index contributed by atoms with van der Waals surface area (Å²) in [6.45, 7) is 1.92. The molecule has 0 radical (unpaired) electrons. The second kappa shape index (κ2) is 22.1. The predicted molar refractivity (Wildman–Crippen MR) is 217 cm³/mol. The van der Waals surface area contributed by atoms with E-state index >= 15 is 0 Å². The molecule has 0 spiro atoms. The van der Waals surface area contributed by atoms with E-state index in [1.807, 2.05) is 60.8 Å². The average molecular weight is 784 g/mol. The number of H-pyrrole nitrogens is 2. The van der Waals surface area contributed by atoms with Gasteiger partial charge in [0, 0.05) is 73.9 Å². The molecule has 1 aliphatic carbocycles. The van der Waals surface area contributed by atoms with Crippen molar-refractivity contribution in [2.75, 3.05) is 13.1 Å². The van der Waals surface area contributed by atoms with E-state index in [0.717, 1.165) is 47.7 Å². The lowest BCUT2D eigenvalue weighted by Crippen LogP contribution is -2.58. The van der Waals surface area contributed by atoms with Gasteiger partial charge in [0.1, 0.15) is 18.1 Å². The Morgan fingerprint density at radius 1 is 0.789 bits per heavy atom. The standard InChI is InChI=1S/C41H57N11O5/c1-27(53)47-37(22-32-25-43-26-45-32)40(56)51-36(20-28-12-4-2-5-13-28)39(55)50-35(18-10-11-19-46-52-41(57)49-30-14-6-3-7-15-30)38(54)48-31(23-42)21-29-24-44-34-17-9-8-16-33(29)34/h2,4-5,8-9,12-13,16-17,24-26,30-31,35-37,44,46H,3,6-7,10-11,14-15,18-23,42H2,1H3,(H,43,45)(H,47,53)(H,48,54)(H,50,55)(H,51,56)(H2,49,52,57)/t31-,35-,36+,37-/m0/s1. The van der Waals surface area contributed by atoms with Gasteiger partial charge in [-0.15, -0.1) is 0 Å². The Kier molecular flexibility index (Phi) is 16.5. The number of unbranched alkanes of at least 4 members (excludes halogenated alkanes) is 1. The van der Waals surface area contributed by atoms with Crippen LogP contribution in [0.3, 0.4) is 0 Å². The van der Waals surface area contributed by atoms with Crippen LogP contribution in [0.1, 0.15) is 75.1 Å². The number of hydrogen-bond acceptors (Lipinski definition) is 8. The Balaban J connectivity index is 1.26. The van der Waals surface area contributed by atoms with Crippen molar-refractivity contribution in [1.29, 1.82) is 0 Å². The number of carbonyl (C=O) groups is 5. The molecule has 306 valence electrons. The first-order valence-electron chi connectivity index (χ1n) is 19.9. The number of fused-ring (bicyclic) bond motifs is 1.